The van der Waals surface area contributed by atoms with Crippen molar-refractivity contribution in [1.82, 2.24) is 5.32 Å². The number of benzene rings is 1. The zero-order valence-corrected chi connectivity index (χ0v) is 10.5. The number of hydrogen-bond acceptors (Lipinski definition) is 3. The highest BCUT2D eigenvalue weighted by molar-refractivity contribution is 5.84. The van der Waals surface area contributed by atoms with Crippen molar-refractivity contribution in [1.29, 1.82) is 0 Å². The number of carboxylic acid groups (broad SMARTS) is 1. The Hall–Kier alpha value is -2.04. The second-order valence-electron chi connectivity index (χ2n) is 3.70. The van der Waals surface area contributed by atoms with Crippen molar-refractivity contribution in [3.8, 4) is 5.75 Å². The van der Waals surface area contributed by atoms with E-state index in [0.717, 1.165) is 0 Å². The van der Waals surface area contributed by atoms with E-state index in [1.54, 1.807) is 31.2 Å². The molecule has 1 rings (SSSR count). The van der Waals surface area contributed by atoms with Crippen LogP contribution in [0.4, 0.5) is 0 Å². The van der Waals surface area contributed by atoms with Crippen molar-refractivity contribution in [3.05, 3.63) is 29.8 Å². The number of nitrogens with one attached hydrogen (secondary N) is 1. The van der Waals surface area contributed by atoms with Crippen LogP contribution in [-0.2, 0) is 9.59 Å². The highest BCUT2D eigenvalue weighted by Gasteiger charge is 2.21. The first-order chi connectivity index (χ1) is 8.58. The summed E-state index contributed by atoms with van der Waals surface area (Å²) in [4.78, 5) is 22.5. The third-order valence-corrected chi connectivity index (χ3v) is 2.38. The van der Waals surface area contributed by atoms with Crippen LogP contribution in [0.3, 0.4) is 0 Å². The topological polar surface area (TPSA) is 75.6 Å². The number of ether oxygens (including phenoxy) is 1. The molecule has 0 aliphatic carbocycles. The second-order valence-corrected chi connectivity index (χ2v) is 3.70. The molecule has 0 saturated carbocycles. The molecule has 0 fully saturated rings. The van der Waals surface area contributed by atoms with Gasteiger partial charge in [0.1, 0.15) is 5.75 Å². The van der Waals surface area contributed by atoms with E-state index in [0.29, 0.717) is 17.9 Å². The van der Waals surface area contributed by atoms with Gasteiger partial charge < -0.3 is 15.2 Å². The normalized spacial score (nSPS) is 11.7. The minimum atomic E-state index is -1.09. The van der Waals surface area contributed by atoms with Crippen LogP contribution in [0.15, 0.2) is 24.3 Å². The van der Waals surface area contributed by atoms with Crippen LogP contribution in [0.25, 0.3) is 0 Å². The SMILES string of the molecule is CCOc1cccc(C(NC(=O)CC)C(=O)O)c1. The van der Waals surface area contributed by atoms with Gasteiger partial charge in [0.25, 0.3) is 0 Å². The molecular formula is C13H17NO4. The molecule has 0 aromatic heterocycles. The second kappa shape index (κ2) is 6.64. The summed E-state index contributed by atoms with van der Waals surface area (Å²) in [5.74, 6) is -0.804. The lowest BCUT2D eigenvalue weighted by Gasteiger charge is -2.15. The summed E-state index contributed by atoms with van der Waals surface area (Å²) in [5, 5.41) is 11.6. The lowest BCUT2D eigenvalue weighted by atomic mass is 10.1. The molecule has 1 unspecified atom stereocenters. The number of carbonyl (C=O) groups is 2. The summed E-state index contributed by atoms with van der Waals surface area (Å²) in [5.41, 5.74) is 0.496. The maximum atomic E-state index is 11.3. The van der Waals surface area contributed by atoms with Gasteiger partial charge in [0.2, 0.25) is 5.91 Å². The maximum Gasteiger partial charge on any atom is 0.330 e. The Morgan fingerprint density at radius 2 is 2.11 bits per heavy atom. The van der Waals surface area contributed by atoms with Gasteiger partial charge in [-0.05, 0) is 24.6 Å². The Kier molecular flexibility index (Phi) is 5.17. The standard InChI is InChI=1S/C13H17NO4/c1-3-11(15)14-12(13(16)17)9-6-5-7-10(8-9)18-4-2/h5-8,12H,3-4H2,1-2H3,(H,14,15)(H,16,17). The molecule has 0 bridgehead atoms. The van der Waals surface area contributed by atoms with E-state index in [4.69, 9.17) is 9.84 Å². The van der Waals surface area contributed by atoms with Crippen LogP contribution in [0.2, 0.25) is 0 Å². The predicted octanol–water partition coefficient (Wildman–Crippen LogP) is 1.74. The molecule has 1 aromatic carbocycles. The van der Waals surface area contributed by atoms with Crippen molar-refractivity contribution in [2.75, 3.05) is 6.61 Å². The maximum absolute atomic E-state index is 11.3. The van der Waals surface area contributed by atoms with Gasteiger partial charge in [0, 0.05) is 6.42 Å². The highest BCUT2D eigenvalue weighted by Crippen LogP contribution is 2.19. The van der Waals surface area contributed by atoms with Crippen LogP contribution >= 0.6 is 0 Å². The van der Waals surface area contributed by atoms with Crippen LogP contribution in [0, 0.1) is 0 Å². The van der Waals surface area contributed by atoms with E-state index in [1.807, 2.05) is 6.92 Å². The van der Waals surface area contributed by atoms with Crippen molar-refractivity contribution in [3.63, 3.8) is 0 Å². The Labute approximate surface area is 106 Å². The molecule has 1 atom stereocenters. The molecule has 1 amide bonds. The van der Waals surface area contributed by atoms with Crippen molar-refractivity contribution >= 4 is 11.9 Å². The van der Waals surface area contributed by atoms with E-state index in [2.05, 4.69) is 5.32 Å². The molecule has 1 aromatic rings. The highest BCUT2D eigenvalue weighted by atomic mass is 16.5. The molecule has 5 nitrogen and oxygen atoms in total. The quantitative estimate of drug-likeness (QED) is 0.807. The largest absolute Gasteiger partial charge is 0.494 e. The molecule has 0 heterocycles. The van der Waals surface area contributed by atoms with Gasteiger partial charge in [0.15, 0.2) is 6.04 Å². The van der Waals surface area contributed by atoms with Crippen LogP contribution in [0.5, 0.6) is 5.75 Å². The molecule has 0 aliphatic rings. The summed E-state index contributed by atoms with van der Waals surface area (Å²) in [6.07, 6.45) is 0.245. The van der Waals surface area contributed by atoms with Crippen LogP contribution < -0.4 is 10.1 Å². The minimum Gasteiger partial charge on any atom is -0.494 e. The molecule has 18 heavy (non-hydrogen) atoms. The Morgan fingerprint density at radius 3 is 2.67 bits per heavy atom. The first kappa shape index (κ1) is 14.0. The Balaban J connectivity index is 2.94. The van der Waals surface area contributed by atoms with Crippen LogP contribution in [0.1, 0.15) is 31.9 Å². The van der Waals surface area contributed by atoms with Gasteiger partial charge in [0.05, 0.1) is 6.61 Å². The number of hydrogen-bond donors (Lipinski definition) is 2. The number of amides is 1. The van der Waals surface area contributed by atoms with Gasteiger partial charge in [-0.15, -0.1) is 0 Å². The fourth-order valence-electron chi connectivity index (χ4n) is 1.50. The number of carbonyl (C=O) groups excluding carboxylic acids is 1. The first-order valence-electron chi connectivity index (χ1n) is 5.83. The smallest absolute Gasteiger partial charge is 0.330 e. The molecule has 0 radical (unpaired) electrons. The van der Waals surface area contributed by atoms with Crippen molar-refractivity contribution in [2.45, 2.75) is 26.3 Å². The van der Waals surface area contributed by atoms with E-state index < -0.39 is 12.0 Å². The van der Waals surface area contributed by atoms with Crippen LogP contribution in [-0.4, -0.2) is 23.6 Å². The number of carboxylic acids is 1. The fourth-order valence-corrected chi connectivity index (χ4v) is 1.50. The Bertz CT molecular complexity index is 431. The summed E-state index contributed by atoms with van der Waals surface area (Å²) >= 11 is 0. The lowest BCUT2D eigenvalue weighted by Crippen LogP contribution is -2.33. The molecular weight excluding hydrogens is 234 g/mol. The summed E-state index contributed by atoms with van der Waals surface area (Å²) in [7, 11) is 0. The van der Waals surface area contributed by atoms with E-state index in [9.17, 15) is 9.59 Å². The fraction of sp³-hybridized carbons (Fsp3) is 0.385. The monoisotopic (exact) mass is 251 g/mol. The molecule has 2 N–H and O–H groups in total. The predicted molar refractivity (Wildman–Crippen MR) is 66.4 cm³/mol. The molecule has 0 saturated heterocycles. The molecule has 5 heteroatoms. The summed E-state index contributed by atoms with van der Waals surface area (Å²) in [6.45, 7) is 4.02. The van der Waals surface area contributed by atoms with Gasteiger partial charge in [-0.1, -0.05) is 19.1 Å². The number of aliphatic carboxylic acids is 1. The average molecular weight is 251 g/mol. The molecule has 0 aliphatic heterocycles. The summed E-state index contributed by atoms with van der Waals surface area (Å²) in [6, 6.07) is 5.68. The van der Waals surface area contributed by atoms with Crippen molar-refractivity contribution < 1.29 is 19.4 Å². The van der Waals surface area contributed by atoms with Crippen molar-refractivity contribution in [2.24, 2.45) is 0 Å². The number of rotatable bonds is 6. The lowest BCUT2D eigenvalue weighted by molar-refractivity contribution is -0.142. The molecule has 0 spiro atoms. The van der Waals surface area contributed by atoms with Gasteiger partial charge >= 0.3 is 5.97 Å². The Morgan fingerprint density at radius 1 is 1.39 bits per heavy atom. The van der Waals surface area contributed by atoms with E-state index >= 15 is 0 Å². The van der Waals surface area contributed by atoms with E-state index in [-0.39, 0.29) is 12.3 Å². The minimum absolute atomic E-state index is 0.245. The van der Waals surface area contributed by atoms with Gasteiger partial charge in [-0.2, -0.15) is 0 Å². The van der Waals surface area contributed by atoms with E-state index in [1.165, 1.54) is 0 Å². The third-order valence-electron chi connectivity index (χ3n) is 2.38. The van der Waals surface area contributed by atoms with Gasteiger partial charge in [-0.3, -0.25) is 4.79 Å². The first-order valence-corrected chi connectivity index (χ1v) is 5.83. The van der Waals surface area contributed by atoms with Gasteiger partial charge in [-0.25, -0.2) is 4.79 Å². The third kappa shape index (κ3) is 3.76. The zero-order valence-electron chi connectivity index (χ0n) is 10.5. The summed E-state index contributed by atoms with van der Waals surface area (Å²) < 4.78 is 5.30. The average Bonchev–Trinajstić information content (AvgIpc) is 2.36. The zero-order chi connectivity index (χ0) is 13.5. The molecule has 98 valence electrons.